The zero-order chi connectivity index (χ0) is 15.5. The minimum atomic E-state index is -0.666. The van der Waals surface area contributed by atoms with Crippen LogP contribution in [0.2, 0.25) is 0 Å². The van der Waals surface area contributed by atoms with Crippen molar-refractivity contribution in [3.8, 4) is 5.75 Å². The van der Waals surface area contributed by atoms with Gasteiger partial charge in [0.05, 0.1) is 0 Å². The third kappa shape index (κ3) is 2.64. The number of ether oxygens (including phenoxy) is 1. The molecule has 0 spiro atoms. The van der Waals surface area contributed by atoms with Gasteiger partial charge in [0.25, 0.3) is 0 Å². The van der Waals surface area contributed by atoms with Crippen LogP contribution in [0.5, 0.6) is 5.75 Å². The van der Waals surface area contributed by atoms with Gasteiger partial charge in [-0.25, -0.2) is 0 Å². The molecule has 110 valence electrons. The fourth-order valence-corrected chi connectivity index (χ4v) is 1.97. The number of nitrogens with zero attached hydrogens (tertiary/aromatic N) is 2. The number of hydrogen-bond acceptors (Lipinski definition) is 6. The van der Waals surface area contributed by atoms with E-state index in [4.69, 9.17) is 9.15 Å². The summed E-state index contributed by atoms with van der Waals surface area (Å²) < 4.78 is 10.6. The van der Waals surface area contributed by atoms with Crippen LogP contribution >= 0.6 is 0 Å². The fourth-order valence-electron chi connectivity index (χ4n) is 1.97. The second-order valence-corrected chi connectivity index (χ2v) is 4.44. The van der Waals surface area contributed by atoms with E-state index in [9.17, 15) is 14.9 Å². The molecule has 0 N–H and O–H groups in total. The molecule has 7 nitrogen and oxygen atoms in total. The number of fused-ring (bicyclic) bond motifs is 1. The van der Waals surface area contributed by atoms with Crippen LogP contribution in [-0.4, -0.2) is 22.3 Å². The Morgan fingerprint density at radius 2 is 2.09 bits per heavy atom. The molecule has 0 saturated heterocycles. The van der Waals surface area contributed by atoms with Crippen molar-refractivity contribution in [3.63, 3.8) is 0 Å². The molecule has 0 atom stereocenters. The second kappa shape index (κ2) is 5.65. The molecule has 0 aliphatic rings. The predicted octanol–water partition coefficient (Wildman–Crippen LogP) is 3.00. The lowest BCUT2D eigenvalue weighted by Gasteiger charge is -2.03. The number of benzene rings is 1. The van der Waals surface area contributed by atoms with E-state index >= 15 is 0 Å². The average molecular weight is 298 g/mol. The van der Waals surface area contributed by atoms with E-state index in [0.29, 0.717) is 5.58 Å². The summed E-state index contributed by atoms with van der Waals surface area (Å²) in [5.74, 6) is -0.751. The van der Waals surface area contributed by atoms with Gasteiger partial charge in [-0.15, -0.1) is 0 Å². The quantitative estimate of drug-likeness (QED) is 0.408. The van der Waals surface area contributed by atoms with E-state index < -0.39 is 16.5 Å². The largest absolute Gasteiger partial charge is 0.477 e. The first-order valence-electron chi connectivity index (χ1n) is 6.39. The third-order valence-electron chi connectivity index (χ3n) is 2.98. The minimum absolute atomic E-state index is 0.0584. The SMILES string of the molecule is O=C(COc1cccnc1[N+](=O)[O-])c1cc2ccccc2o1. The number of Topliss-reactive ketones (excluding diaryl/α,β-unsaturated/α-hetero) is 1. The van der Waals surface area contributed by atoms with Crippen molar-refractivity contribution < 1.29 is 18.9 Å². The van der Waals surface area contributed by atoms with Crippen LogP contribution in [0.25, 0.3) is 11.0 Å². The van der Waals surface area contributed by atoms with Gasteiger partial charge in [-0.1, -0.05) is 18.2 Å². The van der Waals surface area contributed by atoms with Crippen molar-refractivity contribution in [1.82, 2.24) is 4.98 Å². The summed E-state index contributed by atoms with van der Waals surface area (Å²) in [5, 5.41) is 11.6. The number of ketones is 1. The summed E-state index contributed by atoms with van der Waals surface area (Å²) in [4.78, 5) is 25.8. The van der Waals surface area contributed by atoms with Crippen molar-refractivity contribution in [2.24, 2.45) is 0 Å². The highest BCUT2D eigenvalue weighted by atomic mass is 16.6. The van der Waals surface area contributed by atoms with E-state index in [2.05, 4.69) is 4.98 Å². The van der Waals surface area contributed by atoms with E-state index in [0.717, 1.165) is 5.39 Å². The second-order valence-electron chi connectivity index (χ2n) is 4.44. The lowest BCUT2D eigenvalue weighted by molar-refractivity contribution is -0.390. The molecule has 3 rings (SSSR count). The Kier molecular flexibility index (Phi) is 3.53. The Labute approximate surface area is 124 Å². The fraction of sp³-hybridized carbons (Fsp3) is 0.0667. The summed E-state index contributed by atoms with van der Waals surface area (Å²) in [7, 11) is 0. The summed E-state index contributed by atoms with van der Waals surface area (Å²) >= 11 is 0. The van der Waals surface area contributed by atoms with Crippen molar-refractivity contribution in [2.45, 2.75) is 0 Å². The lowest BCUT2D eigenvalue weighted by atomic mass is 10.2. The van der Waals surface area contributed by atoms with Crippen LogP contribution in [0.3, 0.4) is 0 Å². The highest BCUT2D eigenvalue weighted by Crippen LogP contribution is 2.24. The predicted molar refractivity (Wildman–Crippen MR) is 76.9 cm³/mol. The molecule has 2 heterocycles. The molecule has 3 aromatic rings. The molecule has 1 aromatic carbocycles. The molecular weight excluding hydrogens is 288 g/mol. The summed E-state index contributed by atoms with van der Waals surface area (Å²) in [6.45, 7) is -0.369. The van der Waals surface area contributed by atoms with Gasteiger partial charge in [0.15, 0.2) is 12.4 Å². The Morgan fingerprint density at radius 1 is 1.27 bits per heavy atom. The van der Waals surface area contributed by atoms with E-state index in [1.807, 2.05) is 12.1 Å². The summed E-state index contributed by atoms with van der Waals surface area (Å²) in [6.07, 6.45) is 1.28. The van der Waals surface area contributed by atoms with Crippen LogP contribution < -0.4 is 4.74 Å². The molecule has 0 fully saturated rings. The van der Waals surface area contributed by atoms with Crippen molar-refractivity contribution in [3.05, 3.63) is 64.5 Å². The van der Waals surface area contributed by atoms with Gasteiger partial charge in [0.2, 0.25) is 11.5 Å². The smallest absolute Gasteiger partial charge is 0.406 e. The van der Waals surface area contributed by atoms with Crippen LogP contribution in [0.15, 0.2) is 53.1 Å². The molecule has 0 unspecified atom stereocenters. The number of aromatic nitrogens is 1. The minimum Gasteiger partial charge on any atom is -0.477 e. The van der Waals surface area contributed by atoms with Gasteiger partial charge in [0.1, 0.15) is 11.8 Å². The Balaban J connectivity index is 1.76. The monoisotopic (exact) mass is 298 g/mol. The Bertz CT molecular complexity index is 823. The number of pyridine rings is 1. The van der Waals surface area contributed by atoms with Crippen molar-refractivity contribution in [2.75, 3.05) is 6.61 Å². The van der Waals surface area contributed by atoms with Gasteiger partial charge in [-0.2, -0.15) is 0 Å². The van der Waals surface area contributed by atoms with E-state index in [1.54, 1.807) is 18.2 Å². The van der Waals surface area contributed by atoms with Crippen LogP contribution in [0.4, 0.5) is 5.82 Å². The standard InChI is InChI=1S/C15H10N2O5/c18-11(14-8-10-4-1-2-5-12(10)22-14)9-21-13-6-3-7-16-15(13)17(19)20/h1-8H,9H2. The van der Waals surface area contributed by atoms with Gasteiger partial charge < -0.3 is 19.3 Å². The number of hydrogen-bond donors (Lipinski definition) is 0. The normalized spacial score (nSPS) is 10.5. The maximum Gasteiger partial charge on any atom is 0.406 e. The van der Waals surface area contributed by atoms with E-state index in [1.165, 1.54) is 18.3 Å². The maximum atomic E-state index is 12.1. The number of rotatable bonds is 5. The van der Waals surface area contributed by atoms with Crippen LogP contribution in [-0.2, 0) is 0 Å². The number of carbonyl (C=O) groups is 1. The van der Waals surface area contributed by atoms with E-state index in [-0.39, 0.29) is 18.1 Å². The molecule has 0 saturated carbocycles. The zero-order valence-corrected chi connectivity index (χ0v) is 11.3. The highest BCUT2D eigenvalue weighted by Gasteiger charge is 2.18. The first-order valence-corrected chi connectivity index (χ1v) is 6.39. The Morgan fingerprint density at radius 3 is 2.86 bits per heavy atom. The molecule has 7 heteroatoms. The molecular formula is C15H10N2O5. The average Bonchev–Trinajstić information content (AvgIpc) is 2.97. The number of para-hydroxylation sites is 1. The first kappa shape index (κ1) is 13.7. The molecule has 0 aliphatic carbocycles. The molecule has 0 radical (unpaired) electrons. The van der Waals surface area contributed by atoms with Crippen LogP contribution in [0, 0.1) is 10.1 Å². The molecule has 0 amide bonds. The maximum absolute atomic E-state index is 12.1. The van der Waals surface area contributed by atoms with Crippen molar-refractivity contribution >= 4 is 22.6 Å². The molecule has 2 aromatic heterocycles. The molecule has 0 aliphatic heterocycles. The van der Waals surface area contributed by atoms with Gasteiger partial charge >= 0.3 is 5.82 Å². The number of carbonyl (C=O) groups excluding carboxylic acids is 1. The number of nitro groups is 1. The zero-order valence-electron chi connectivity index (χ0n) is 11.3. The number of furan rings is 1. The third-order valence-corrected chi connectivity index (χ3v) is 2.98. The summed E-state index contributed by atoms with van der Waals surface area (Å²) in [5.41, 5.74) is 0.596. The summed E-state index contributed by atoms with van der Waals surface area (Å²) in [6, 6.07) is 11.7. The Hall–Kier alpha value is -3.22. The lowest BCUT2D eigenvalue weighted by Crippen LogP contribution is -2.11. The molecule has 22 heavy (non-hydrogen) atoms. The van der Waals surface area contributed by atoms with Gasteiger partial charge in [0, 0.05) is 5.39 Å². The van der Waals surface area contributed by atoms with Crippen LogP contribution in [0.1, 0.15) is 10.6 Å². The highest BCUT2D eigenvalue weighted by molar-refractivity contribution is 5.98. The van der Waals surface area contributed by atoms with Crippen molar-refractivity contribution in [1.29, 1.82) is 0 Å². The molecule has 0 bridgehead atoms. The first-order chi connectivity index (χ1) is 10.6. The topological polar surface area (TPSA) is 95.5 Å². The van der Waals surface area contributed by atoms with Gasteiger partial charge in [-0.05, 0) is 34.2 Å². The van der Waals surface area contributed by atoms with Gasteiger partial charge in [-0.3, -0.25) is 4.79 Å².